The number of ketones is 2. The lowest BCUT2D eigenvalue weighted by molar-refractivity contribution is -0.116. The van der Waals surface area contributed by atoms with E-state index in [1.54, 1.807) is 13.8 Å². The average molecular weight is 428 g/mol. The Labute approximate surface area is 168 Å². The Balaban J connectivity index is 2.75. The van der Waals surface area contributed by atoms with E-state index in [0.717, 1.165) is 0 Å². The quantitative estimate of drug-likeness (QED) is 0.417. The second-order valence-corrected chi connectivity index (χ2v) is 9.44. The molecule has 28 heavy (non-hydrogen) atoms. The first-order valence-electron chi connectivity index (χ1n) is 8.82. The number of nitrogens with zero attached hydrogens (tertiary/aromatic N) is 1. The number of halogens is 1. The molecule has 0 aliphatic heterocycles. The first-order valence-corrected chi connectivity index (χ1v) is 11.1. The van der Waals surface area contributed by atoms with Gasteiger partial charge in [0.05, 0.1) is 27.4 Å². The lowest BCUT2D eigenvalue weighted by Crippen LogP contribution is -2.20. The Morgan fingerprint density at radius 2 is 1.82 bits per heavy atom. The van der Waals surface area contributed by atoms with E-state index in [4.69, 9.17) is 16.3 Å². The van der Waals surface area contributed by atoms with Gasteiger partial charge in [0, 0.05) is 29.9 Å². The molecule has 1 aromatic rings. The number of carbonyl (C=O) groups is 3. The van der Waals surface area contributed by atoms with Crippen LogP contribution in [0, 0.1) is 0 Å². The summed E-state index contributed by atoms with van der Waals surface area (Å²) in [4.78, 5) is 37.1. The van der Waals surface area contributed by atoms with E-state index in [1.807, 2.05) is 0 Å². The molecular weight excluding hydrogens is 406 g/mol. The third-order valence-electron chi connectivity index (χ3n) is 4.54. The van der Waals surface area contributed by atoms with Crippen LogP contribution in [0.15, 0.2) is 27.8 Å². The molecule has 0 spiro atoms. The van der Waals surface area contributed by atoms with Gasteiger partial charge < -0.3 is 9.84 Å². The highest BCUT2D eigenvalue weighted by Gasteiger charge is 2.30. The molecule has 9 heteroatoms. The highest BCUT2D eigenvalue weighted by molar-refractivity contribution is 7.93. The number of carbonyl (C=O) groups excluding carboxylic acids is 3. The zero-order valence-electron chi connectivity index (χ0n) is 15.9. The topological polar surface area (TPSA) is 110 Å². The zero-order chi connectivity index (χ0) is 21.1. The second-order valence-electron chi connectivity index (χ2n) is 6.18. The van der Waals surface area contributed by atoms with Crippen LogP contribution in [0.3, 0.4) is 0 Å². The first kappa shape index (κ1) is 22.1. The standard InChI is InChI=1S/C19H22ClNO6S/c1-4-28(26,5-2)21-17-12(19(25)27-3)10-9-11(16(17)20)18(24)15-13(22)7-6-8-14(15)23/h9-10,22H,4-8H2,1-3H3. The number of hydrogen-bond donors (Lipinski definition) is 1. The molecule has 0 fully saturated rings. The molecular formula is C19H22ClNO6S. The lowest BCUT2D eigenvalue weighted by atomic mass is 9.90. The van der Waals surface area contributed by atoms with Crippen LogP contribution in [0.25, 0.3) is 0 Å². The fourth-order valence-electron chi connectivity index (χ4n) is 2.82. The maximum absolute atomic E-state index is 12.9. The monoisotopic (exact) mass is 427 g/mol. The fraction of sp³-hybridized carbons (Fsp3) is 0.421. The van der Waals surface area contributed by atoms with E-state index in [0.29, 0.717) is 6.42 Å². The Hall–Kier alpha value is -2.19. The van der Waals surface area contributed by atoms with Crippen LogP contribution in [0.1, 0.15) is 53.8 Å². The number of aliphatic hydroxyl groups is 1. The normalized spacial score (nSPS) is 14.8. The van der Waals surface area contributed by atoms with Crippen LogP contribution in [0.2, 0.25) is 5.02 Å². The molecule has 0 bridgehead atoms. The lowest BCUT2D eigenvalue weighted by Gasteiger charge is -2.16. The average Bonchev–Trinajstić information content (AvgIpc) is 2.68. The molecule has 0 saturated heterocycles. The van der Waals surface area contributed by atoms with Gasteiger partial charge in [-0.15, -0.1) is 0 Å². The summed E-state index contributed by atoms with van der Waals surface area (Å²) in [5.41, 5.74) is -0.557. The number of Topliss-reactive ketones (excluding diaryl/α,β-unsaturated/α-hetero) is 2. The Kier molecular flexibility index (Phi) is 7.01. The summed E-state index contributed by atoms with van der Waals surface area (Å²) in [6, 6.07) is 2.57. The summed E-state index contributed by atoms with van der Waals surface area (Å²) in [7, 11) is -1.52. The molecule has 7 nitrogen and oxygen atoms in total. The van der Waals surface area contributed by atoms with Crippen molar-refractivity contribution in [3.8, 4) is 0 Å². The highest BCUT2D eigenvalue weighted by Crippen LogP contribution is 2.36. The van der Waals surface area contributed by atoms with E-state index >= 15 is 0 Å². The van der Waals surface area contributed by atoms with E-state index in [9.17, 15) is 23.7 Å². The number of benzene rings is 1. The minimum atomic E-state index is -2.70. The second kappa shape index (κ2) is 8.87. The zero-order valence-corrected chi connectivity index (χ0v) is 17.5. The van der Waals surface area contributed by atoms with Gasteiger partial charge in [-0.2, -0.15) is 4.36 Å². The van der Waals surface area contributed by atoms with Gasteiger partial charge in [0.2, 0.25) is 5.78 Å². The number of esters is 1. The largest absolute Gasteiger partial charge is 0.511 e. The minimum absolute atomic E-state index is 0.0353. The minimum Gasteiger partial charge on any atom is -0.511 e. The number of aliphatic hydroxyl groups excluding tert-OH is 1. The van der Waals surface area contributed by atoms with E-state index in [2.05, 4.69) is 4.36 Å². The van der Waals surface area contributed by atoms with Crippen molar-refractivity contribution < 1.29 is 28.4 Å². The molecule has 0 radical (unpaired) electrons. The van der Waals surface area contributed by atoms with Crippen LogP contribution in [0.5, 0.6) is 0 Å². The molecule has 0 saturated carbocycles. The van der Waals surface area contributed by atoms with Crippen molar-refractivity contribution in [1.29, 1.82) is 0 Å². The van der Waals surface area contributed by atoms with Crippen molar-refractivity contribution in [1.82, 2.24) is 0 Å². The molecule has 1 N–H and O–H groups in total. The molecule has 152 valence electrons. The predicted molar refractivity (Wildman–Crippen MR) is 107 cm³/mol. The summed E-state index contributed by atoms with van der Waals surface area (Å²) >= 11 is 6.38. The molecule has 1 aliphatic carbocycles. The number of methoxy groups -OCH3 is 1. The molecule has 1 aliphatic rings. The Bertz CT molecular complexity index is 978. The highest BCUT2D eigenvalue weighted by atomic mass is 35.5. The van der Waals surface area contributed by atoms with Gasteiger partial charge in [-0.05, 0) is 18.6 Å². The summed E-state index contributed by atoms with van der Waals surface area (Å²) in [5.74, 6) is -1.79. The molecule has 0 aromatic heterocycles. The molecule has 2 rings (SSSR count). The van der Waals surface area contributed by atoms with Crippen molar-refractivity contribution in [2.24, 2.45) is 4.36 Å². The van der Waals surface area contributed by atoms with E-state index in [1.165, 1.54) is 19.2 Å². The maximum Gasteiger partial charge on any atom is 0.340 e. The van der Waals surface area contributed by atoms with Crippen LogP contribution < -0.4 is 0 Å². The molecule has 0 unspecified atom stereocenters. The fourth-order valence-corrected chi connectivity index (χ4v) is 4.35. The molecule has 0 heterocycles. The predicted octanol–water partition coefficient (Wildman–Crippen LogP) is 4.01. The van der Waals surface area contributed by atoms with Crippen LogP contribution in [-0.4, -0.2) is 45.5 Å². The SMILES string of the molecule is CCS(=O)(CC)=Nc1c(C(=O)OC)ccc(C(=O)C2=C(O)CCCC2=O)c1Cl. The summed E-state index contributed by atoms with van der Waals surface area (Å²) < 4.78 is 21.8. The van der Waals surface area contributed by atoms with Gasteiger partial charge in [-0.1, -0.05) is 25.4 Å². The first-order chi connectivity index (χ1) is 13.2. The molecule has 0 atom stereocenters. The number of ether oxygens (including phenoxy) is 1. The van der Waals surface area contributed by atoms with Gasteiger partial charge in [0.15, 0.2) is 5.78 Å². The van der Waals surface area contributed by atoms with Crippen molar-refractivity contribution in [3.63, 3.8) is 0 Å². The van der Waals surface area contributed by atoms with E-state index in [-0.39, 0.29) is 57.5 Å². The molecule has 1 aromatic carbocycles. The Morgan fingerprint density at radius 3 is 2.36 bits per heavy atom. The van der Waals surface area contributed by atoms with Gasteiger partial charge in [-0.3, -0.25) is 9.59 Å². The maximum atomic E-state index is 12.9. The number of allylic oxidation sites excluding steroid dienone is 2. The van der Waals surface area contributed by atoms with Gasteiger partial charge in [-0.25, -0.2) is 9.00 Å². The summed E-state index contributed by atoms with van der Waals surface area (Å²) in [5, 5.41) is 9.82. The third kappa shape index (κ3) is 4.28. The van der Waals surface area contributed by atoms with Crippen LogP contribution in [0.4, 0.5) is 5.69 Å². The van der Waals surface area contributed by atoms with Gasteiger partial charge in [0.25, 0.3) is 0 Å². The van der Waals surface area contributed by atoms with Crippen molar-refractivity contribution in [2.45, 2.75) is 33.1 Å². The van der Waals surface area contributed by atoms with Crippen molar-refractivity contribution in [2.75, 3.05) is 18.6 Å². The Morgan fingerprint density at radius 1 is 1.21 bits per heavy atom. The smallest absolute Gasteiger partial charge is 0.340 e. The summed E-state index contributed by atoms with van der Waals surface area (Å²) in [6.45, 7) is 3.39. The van der Waals surface area contributed by atoms with E-state index < -0.39 is 27.3 Å². The summed E-state index contributed by atoms with van der Waals surface area (Å²) in [6.07, 6.45) is 0.840. The number of hydrogen-bond acceptors (Lipinski definition) is 7. The van der Waals surface area contributed by atoms with Gasteiger partial charge >= 0.3 is 5.97 Å². The molecule has 0 amide bonds. The number of rotatable bonds is 6. The van der Waals surface area contributed by atoms with Crippen molar-refractivity contribution in [3.05, 3.63) is 39.6 Å². The third-order valence-corrected chi connectivity index (χ3v) is 7.24. The van der Waals surface area contributed by atoms with Crippen LogP contribution >= 0.6 is 11.6 Å². The van der Waals surface area contributed by atoms with Crippen molar-refractivity contribution >= 4 is 44.6 Å². The van der Waals surface area contributed by atoms with Crippen LogP contribution in [-0.2, 0) is 19.3 Å². The van der Waals surface area contributed by atoms with Gasteiger partial charge in [0.1, 0.15) is 17.0 Å².